The first-order chi connectivity index (χ1) is 11.8. The van der Waals surface area contributed by atoms with Crippen molar-refractivity contribution in [2.24, 2.45) is 0 Å². The minimum Gasteiger partial charge on any atom is -0.484 e. The predicted molar refractivity (Wildman–Crippen MR) is 89.8 cm³/mol. The normalized spacial score (nSPS) is 11.9. The van der Waals surface area contributed by atoms with Crippen LogP contribution in [0.15, 0.2) is 40.4 Å². The van der Waals surface area contributed by atoms with Crippen molar-refractivity contribution in [1.82, 2.24) is 14.5 Å². The maximum absolute atomic E-state index is 12.7. The summed E-state index contributed by atoms with van der Waals surface area (Å²) in [6, 6.07) is 6.21. The van der Waals surface area contributed by atoms with E-state index >= 15 is 0 Å². The maximum Gasteiger partial charge on any atom is 0.422 e. The van der Waals surface area contributed by atoms with Crippen LogP contribution in [-0.2, 0) is 0 Å². The van der Waals surface area contributed by atoms with Crippen LogP contribution in [0.4, 0.5) is 13.2 Å². The van der Waals surface area contributed by atoms with Gasteiger partial charge in [0.1, 0.15) is 11.4 Å². The van der Waals surface area contributed by atoms with Gasteiger partial charge in [0.05, 0.1) is 11.1 Å². The lowest BCUT2D eigenvalue weighted by atomic mass is 10.2. The summed E-state index contributed by atoms with van der Waals surface area (Å²) < 4.78 is 43.1. The number of aromatic amines is 1. The molecule has 132 valence electrons. The van der Waals surface area contributed by atoms with Gasteiger partial charge in [0.2, 0.25) is 0 Å². The summed E-state index contributed by atoms with van der Waals surface area (Å²) in [6.45, 7) is 0.265. The molecule has 0 amide bonds. The fraction of sp³-hybridized carbons (Fsp3) is 0.250. The number of benzene rings is 1. The number of aryl methyl sites for hydroxylation is 1. The van der Waals surface area contributed by atoms with E-state index in [-0.39, 0.29) is 11.3 Å². The highest BCUT2D eigenvalue weighted by Gasteiger charge is 2.28. The summed E-state index contributed by atoms with van der Waals surface area (Å²) in [5.74, 6) is 0.121. The molecule has 2 heterocycles. The van der Waals surface area contributed by atoms with Crippen LogP contribution in [0.2, 0.25) is 0 Å². The number of nitrogens with one attached hydrogen (secondary N) is 1. The van der Waals surface area contributed by atoms with E-state index in [1.807, 2.05) is 0 Å². The molecule has 1 aromatic carbocycles. The molecule has 1 N–H and O–H groups in total. The Morgan fingerprint density at radius 1 is 1.32 bits per heavy atom. The molecule has 3 rings (SSSR count). The Morgan fingerprint density at radius 2 is 2.08 bits per heavy atom. The van der Waals surface area contributed by atoms with E-state index in [4.69, 9.17) is 4.74 Å². The van der Waals surface area contributed by atoms with Crippen LogP contribution in [0.3, 0.4) is 0 Å². The smallest absolute Gasteiger partial charge is 0.422 e. The van der Waals surface area contributed by atoms with Gasteiger partial charge in [-0.15, -0.1) is 0 Å². The number of halogens is 3. The molecule has 0 saturated heterocycles. The van der Waals surface area contributed by atoms with E-state index in [1.54, 1.807) is 37.6 Å². The third kappa shape index (κ3) is 3.51. The van der Waals surface area contributed by atoms with Gasteiger partial charge in [0, 0.05) is 6.20 Å². The molecule has 0 aliphatic heterocycles. The third-order valence-electron chi connectivity index (χ3n) is 3.55. The number of aromatic nitrogens is 3. The molecule has 0 atom stereocenters. The van der Waals surface area contributed by atoms with Crippen LogP contribution in [0.5, 0.6) is 5.75 Å². The number of alkyl halides is 3. The first-order valence-corrected chi connectivity index (χ1v) is 8.47. The average Bonchev–Trinajstić information content (AvgIpc) is 3.01. The van der Waals surface area contributed by atoms with E-state index in [2.05, 4.69) is 9.97 Å². The second-order valence-corrected chi connectivity index (χ2v) is 6.11. The Kier molecular flexibility index (Phi) is 4.51. The molecule has 25 heavy (non-hydrogen) atoms. The van der Waals surface area contributed by atoms with Crippen molar-refractivity contribution in [3.05, 3.63) is 46.4 Å². The third-order valence-corrected chi connectivity index (χ3v) is 4.19. The van der Waals surface area contributed by atoms with Crippen molar-refractivity contribution < 1.29 is 17.9 Å². The summed E-state index contributed by atoms with van der Waals surface area (Å²) in [5, 5.41) is 0.913. The summed E-state index contributed by atoms with van der Waals surface area (Å²) >= 11 is 1.30. The van der Waals surface area contributed by atoms with Gasteiger partial charge in [-0.1, -0.05) is 11.8 Å². The van der Waals surface area contributed by atoms with Gasteiger partial charge in [-0.2, -0.15) is 13.2 Å². The van der Waals surface area contributed by atoms with Gasteiger partial charge in [-0.3, -0.25) is 9.36 Å². The first-order valence-electron chi connectivity index (χ1n) is 7.25. The monoisotopic (exact) mass is 369 g/mol. The number of ether oxygens (including phenoxy) is 1. The fourth-order valence-corrected chi connectivity index (χ4v) is 2.99. The van der Waals surface area contributed by atoms with E-state index in [9.17, 15) is 18.0 Å². The van der Waals surface area contributed by atoms with E-state index < -0.39 is 12.8 Å². The molecule has 0 fully saturated rings. The number of hydrogen-bond donors (Lipinski definition) is 1. The highest BCUT2D eigenvalue weighted by Crippen LogP contribution is 2.26. The molecule has 0 spiro atoms. The first kappa shape index (κ1) is 17.4. The van der Waals surface area contributed by atoms with Gasteiger partial charge < -0.3 is 9.72 Å². The molecule has 0 saturated carbocycles. The van der Waals surface area contributed by atoms with Gasteiger partial charge in [0.25, 0.3) is 5.56 Å². The average molecular weight is 369 g/mol. The lowest BCUT2D eigenvalue weighted by Gasteiger charge is -2.14. The molecule has 0 unspecified atom stereocenters. The Bertz CT molecular complexity index is 979. The predicted octanol–water partition coefficient (Wildman–Crippen LogP) is 3.69. The van der Waals surface area contributed by atoms with Gasteiger partial charge >= 0.3 is 6.18 Å². The van der Waals surface area contributed by atoms with Crippen molar-refractivity contribution in [2.75, 3.05) is 12.9 Å². The summed E-state index contributed by atoms with van der Waals surface area (Å²) in [4.78, 5) is 20.0. The molecule has 0 aliphatic rings. The number of H-pyrrole nitrogens is 1. The standard InChI is InChI=1S/C16H14F3N3O2S/c1-9-7-10(3-4-12(9)24-8-16(17,18)19)22-14(23)11-5-6-20-13(11)21-15(22)25-2/h3-7,20H,8H2,1-2H3. The van der Waals surface area contributed by atoms with Crippen LogP contribution in [-0.4, -0.2) is 33.6 Å². The maximum atomic E-state index is 12.7. The highest BCUT2D eigenvalue weighted by atomic mass is 32.2. The number of rotatable bonds is 4. The molecular formula is C16H14F3N3O2S. The molecule has 9 heteroatoms. The van der Waals surface area contributed by atoms with Crippen LogP contribution in [0.1, 0.15) is 5.56 Å². The largest absolute Gasteiger partial charge is 0.484 e. The van der Waals surface area contributed by atoms with Gasteiger partial charge in [0.15, 0.2) is 11.8 Å². The Morgan fingerprint density at radius 3 is 2.72 bits per heavy atom. The fourth-order valence-electron chi connectivity index (χ4n) is 2.44. The minimum atomic E-state index is -4.41. The van der Waals surface area contributed by atoms with Crippen molar-refractivity contribution in [1.29, 1.82) is 0 Å². The second kappa shape index (κ2) is 6.47. The van der Waals surface area contributed by atoms with Crippen LogP contribution < -0.4 is 10.3 Å². The summed E-state index contributed by atoms with van der Waals surface area (Å²) in [5.41, 5.74) is 1.25. The zero-order chi connectivity index (χ0) is 18.2. The molecular weight excluding hydrogens is 355 g/mol. The minimum absolute atomic E-state index is 0.121. The van der Waals surface area contributed by atoms with Crippen molar-refractivity contribution in [3.63, 3.8) is 0 Å². The SMILES string of the molecule is CSc1nc2[nH]ccc2c(=O)n1-c1ccc(OCC(F)(F)F)c(C)c1. The lowest BCUT2D eigenvalue weighted by molar-refractivity contribution is -0.153. The van der Waals surface area contributed by atoms with E-state index in [0.717, 1.165) is 0 Å². The van der Waals surface area contributed by atoms with Crippen LogP contribution in [0, 0.1) is 6.92 Å². The van der Waals surface area contributed by atoms with Crippen molar-refractivity contribution in [3.8, 4) is 11.4 Å². The molecule has 5 nitrogen and oxygen atoms in total. The van der Waals surface area contributed by atoms with E-state index in [1.165, 1.54) is 22.4 Å². The Labute approximate surface area is 144 Å². The van der Waals surface area contributed by atoms with Crippen molar-refractivity contribution >= 4 is 22.8 Å². The molecule has 0 bridgehead atoms. The second-order valence-electron chi connectivity index (χ2n) is 5.33. The van der Waals surface area contributed by atoms with E-state index in [0.29, 0.717) is 27.4 Å². The van der Waals surface area contributed by atoms with Crippen LogP contribution in [0.25, 0.3) is 16.7 Å². The summed E-state index contributed by atoms with van der Waals surface area (Å²) in [7, 11) is 0. The molecule has 2 aromatic heterocycles. The van der Waals surface area contributed by atoms with Crippen molar-refractivity contribution in [2.45, 2.75) is 18.3 Å². The number of fused-ring (bicyclic) bond motifs is 1. The summed E-state index contributed by atoms with van der Waals surface area (Å²) in [6.07, 6.45) is -0.981. The quantitative estimate of drug-likeness (QED) is 0.563. The van der Waals surface area contributed by atoms with Gasteiger partial charge in [-0.05, 0) is 43.0 Å². The van der Waals surface area contributed by atoms with Crippen LogP contribution >= 0.6 is 11.8 Å². The zero-order valence-electron chi connectivity index (χ0n) is 13.3. The number of thioether (sulfide) groups is 1. The highest BCUT2D eigenvalue weighted by molar-refractivity contribution is 7.98. The molecule has 0 aliphatic carbocycles. The number of hydrogen-bond acceptors (Lipinski definition) is 4. The van der Waals surface area contributed by atoms with Gasteiger partial charge in [-0.25, -0.2) is 4.98 Å². The Balaban J connectivity index is 2.05. The lowest BCUT2D eigenvalue weighted by Crippen LogP contribution is -2.22. The molecule has 0 radical (unpaired) electrons. The number of nitrogens with zero attached hydrogens (tertiary/aromatic N) is 2. The Hall–Kier alpha value is -2.42. The zero-order valence-corrected chi connectivity index (χ0v) is 14.2. The molecule has 3 aromatic rings. The topological polar surface area (TPSA) is 59.9 Å².